The van der Waals surface area contributed by atoms with Gasteiger partial charge in [-0.05, 0) is 35.9 Å². The number of carbonyl (C=O) groups is 1. The number of hydrogen-bond donors (Lipinski definition) is 0. The van der Waals surface area contributed by atoms with Gasteiger partial charge in [0.15, 0.2) is 0 Å². The first-order chi connectivity index (χ1) is 15.0. The predicted octanol–water partition coefficient (Wildman–Crippen LogP) is 4.25. The van der Waals surface area contributed by atoms with Crippen molar-refractivity contribution in [2.24, 2.45) is 0 Å². The zero-order chi connectivity index (χ0) is 22.0. The molecular weight excluding hydrogens is 386 g/mol. The molecule has 2 aromatic heterocycles. The van der Waals surface area contributed by atoms with Gasteiger partial charge in [-0.1, -0.05) is 36.4 Å². The lowest BCUT2D eigenvalue weighted by molar-refractivity contribution is -0.116. The van der Waals surface area contributed by atoms with Crippen LogP contribution in [0.25, 0.3) is 10.9 Å². The van der Waals surface area contributed by atoms with E-state index < -0.39 is 0 Å². The molecule has 4 aromatic rings. The standard InChI is InChI=1S/C25H25N5O/c1-17(31)30(4)25-27-21-10-6-5-9-20(21)24(28-25)23(22-11-7-8-16-26-22)18-12-14-19(15-13-18)29(2)3/h5-16,23H,1-4H3. The van der Waals surface area contributed by atoms with Gasteiger partial charge in [0.1, 0.15) is 0 Å². The molecule has 0 saturated carbocycles. The predicted molar refractivity (Wildman–Crippen MR) is 125 cm³/mol. The highest BCUT2D eigenvalue weighted by Gasteiger charge is 2.24. The van der Waals surface area contributed by atoms with Gasteiger partial charge in [0.2, 0.25) is 11.9 Å². The van der Waals surface area contributed by atoms with Crippen molar-refractivity contribution in [3.05, 3.63) is 89.9 Å². The highest BCUT2D eigenvalue weighted by molar-refractivity contribution is 5.91. The molecule has 0 N–H and O–H groups in total. The normalized spacial score (nSPS) is 11.9. The number of benzene rings is 2. The summed E-state index contributed by atoms with van der Waals surface area (Å²) in [6.07, 6.45) is 1.79. The molecule has 0 radical (unpaired) electrons. The van der Waals surface area contributed by atoms with Crippen molar-refractivity contribution >= 4 is 28.4 Å². The summed E-state index contributed by atoms with van der Waals surface area (Å²) in [6.45, 7) is 1.51. The number of aromatic nitrogens is 3. The molecule has 0 spiro atoms. The van der Waals surface area contributed by atoms with Gasteiger partial charge in [-0.3, -0.25) is 14.7 Å². The van der Waals surface area contributed by atoms with E-state index in [9.17, 15) is 4.79 Å². The molecule has 0 aliphatic carbocycles. The number of anilines is 2. The first-order valence-corrected chi connectivity index (χ1v) is 10.1. The number of carbonyl (C=O) groups excluding carboxylic acids is 1. The minimum atomic E-state index is -0.204. The summed E-state index contributed by atoms with van der Waals surface area (Å²) in [5.41, 5.74) is 4.70. The molecule has 6 heteroatoms. The molecule has 156 valence electrons. The largest absolute Gasteiger partial charge is 0.378 e. The molecule has 31 heavy (non-hydrogen) atoms. The molecular formula is C25H25N5O. The van der Waals surface area contributed by atoms with Crippen LogP contribution in [0.5, 0.6) is 0 Å². The first kappa shape index (κ1) is 20.5. The lowest BCUT2D eigenvalue weighted by atomic mass is 9.89. The average Bonchev–Trinajstić information content (AvgIpc) is 2.79. The summed E-state index contributed by atoms with van der Waals surface area (Å²) < 4.78 is 0. The van der Waals surface area contributed by atoms with E-state index in [1.807, 2.05) is 56.6 Å². The fourth-order valence-electron chi connectivity index (χ4n) is 3.58. The summed E-state index contributed by atoms with van der Waals surface area (Å²) in [5.74, 6) is 0.0578. The topological polar surface area (TPSA) is 62.2 Å². The highest BCUT2D eigenvalue weighted by Crippen LogP contribution is 2.35. The second kappa shape index (κ2) is 8.52. The van der Waals surface area contributed by atoms with Gasteiger partial charge in [0, 0.05) is 45.3 Å². The second-order valence-corrected chi connectivity index (χ2v) is 7.68. The summed E-state index contributed by atoms with van der Waals surface area (Å²) in [4.78, 5) is 29.7. The molecule has 0 bridgehead atoms. The fourth-order valence-corrected chi connectivity index (χ4v) is 3.58. The quantitative estimate of drug-likeness (QED) is 0.491. The Balaban J connectivity index is 1.97. The van der Waals surface area contributed by atoms with Crippen LogP contribution in [0, 0.1) is 0 Å². The molecule has 0 fully saturated rings. The fraction of sp³-hybridized carbons (Fsp3) is 0.200. The maximum absolute atomic E-state index is 12.0. The molecule has 4 rings (SSSR count). The Bertz CT molecular complexity index is 1210. The zero-order valence-electron chi connectivity index (χ0n) is 18.1. The molecule has 6 nitrogen and oxygen atoms in total. The molecule has 1 amide bonds. The smallest absolute Gasteiger partial charge is 0.232 e. The number of para-hydroxylation sites is 1. The van der Waals surface area contributed by atoms with E-state index in [1.54, 1.807) is 13.2 Å². The third kappa shape index (κ3) is 4.10. The Kier molecular flexibility index (Phi) is 5.62. The van der Waals surface area contributed by atoms with Gasteiger partial charge in [-0.25, -0.2) is 9.97 Å². The van der Waals surface area contributed by atoms with Crippen molar-refractivity contribution in [1.29, 1.82) is 0 Å². The first-order valence-electron chi connectivity index (χ1n) is 10.1. The summed E-state index contributed by atoms with van der Waals surface area (Å²) in [7, 11) is 5.73. The Hall–Kier alpha value is -3.80. The minimum absolute atomic E-state index is 0.119. The number of fused-ring (bicyclic) bond motifs is 1. The van der Waals surface area contributed by atoms with E-state index in [1.165, 1.54) is 11.8 Å². The van der Waals surface area contributed by atoms with Gasteiger partial charge in [-0.15, -0.1) is 0 Å². The van der Waals surface area contributed by atoms with Crippen LogP contribution in [0.2, 0.25) is 0 Å². The number of amides is 1. The number of pyridine rings is 1. The van der Waals surface area contributed by atoms with Crippen molar-refractivity contribution in [2.45, 2.75) is 12.8 Å². The van der Waals surface area contributed by atoms with Crippen LogP contribution in [0.15, 0.2) is 72.9 Å². The monoisotopic (exact) mass is 411 g/mol. The van der Waals surface area contributed by atoms with Crippen LogP contribution >= 0.6 is 0 Å². The third-order valence-corrected chi connectivity index (χ3v) is 5.39. The third-order valence-electron chi connectivity index (χ3n) is 5.39. The van der Waals surface area contributed by atoms with Crippen LogP contribution in [0.1, 0.15) is 29.8 Å². The van der Waals surface area contributed by atoms with E-state index in [-0.39, 0.29) is 11.8 Å². The maximum Gasteiger partial charge on any atom is 0.232 e. The van der Waals surface area contributed by atoms with Crippen molar-refractivity contribution < 1.29 is 4.79 Å². The SMILES string of the molecule is CC(=O)N(C)c1nc(C(c2ccc(N(C)C)cc2)c2ccccn2)c2ccccc2n1. The van der Waals surface area contributed by atoms with Crippen LogP contribution in [-0.2, 0) is 4.79 Å². The summed E-state index contributed by atoms with van der Waals surface area (Å²) >= 11 is 0. The molecule has 1 atom stereocenters. The van der Waals surface area contributed by atoms with Crippen LogP contribution in [0.4, 0.5) is 11.6 Å². The Morgan fingerprint density at radius 1 is 0.871 bits per heavy atom. The Morgan fingerprint density at radius 2 is 1.58 bits per heavy atom. The van der Waals surface area contributed by atoms with Crippen LogP contribution in [-0.4, -0.2) is 42.0 Å². The van der Waals surface area contributed by atoms with Crippen molar-refractivity contribution in [1.82, 2.24) is 15.0 Å². The Labute approximate surface area is 182 Å². The van der Waals surface area contributed by atoms with Crippen molar-refractivity contribution in [3.8, 4) is 0 Å². The van der Waals surface area contributed by atoms with E-state index in [2.05, 4.69) is 39.1 Å². The maximum atomic E-state index is 12.0. The van der Waals surface area contributed by atoms with Gasteiger partial charge in [-0.2, -0.15) is 0 Å². The summed E-state index contributed by atoms with van der Waals surface area (Å²) in [6, 6.07) is 22.2. The van der Waals surface area contributed by atoms with E-state index in [4.69, 9.17) is 4.98 Å². The molecule has 0 aliphatic rings. The number of nitrogens with zero attached hydrogens (tertiary/aromatic N) is 5. The number of rotatable bonds is 5. The highest BCUT2D eigenvalue weighted by atomic mass is 16.2. The van der Waals surface area contributed by atoms with Gasteiger partial charge < -0.3 is 4.90 Å². The molecule has 1 unspecified atom stereocenters. The lowest BCUT2D eigenvalue weighted by Gasteiger charge is -2.22. The average molecular weight is 412 g/mol. The van der Waals surface area contributed by atoms with E-state index in [0.717, 1.165) is 33.5 Å². The van der Waals surface area contributed by atoms with Crippen molar-refractivity contribution in [3.63, 3.8) is 0 Å². The zero-order valence-corrected chi connectivity index (χ0v) is 18.1. The second-order valence-electron chi connectivity index (χ2n) is 7.68. The van der Waals surface area contributed by atoms with Gasteiger partial charge >= 0.3 is 0 Å². The lowest BCUT2D eigenvalue weighted by Crippen LogP contribution is -2.26. The van der Waals surface area contributed by atoms with Crippen LogP contribution < -0.4 is 9.80 Å². The van der Waals surface area contributed by atoms with Gasteiger partial charge in [0.25, 0.3) is 0 Å². The van der Waals surface area contributed by atoms with Gasteiger partial charge in [0.05, 0.1) is 22.8 Å². The minimum Gasteiger partial charge on any atom is -0.378 e. The van der Waals surface area contributed by atoms with E-state index in [0.29, 0.717) is 5.95 Å². The molecule has 0 aliphatic heterocycles. The van der Waals surface area contributed by atoms with E-state index >= 15 is 0 Å². The molecule has 2 aromatic carbocycles. The Morgan fingerprint density at radius 3 is 2.23 bits per heavy atom. The molecule has 2 heterocycles. The number of hydrogen-bond acceptors (Lipinski definition) is 5. The van der Waals surface area contributed by atoms with Crippen molar-refractivity contribution in [2.75, 3.05) is 30.9 Å². The summed E-state index contributed by atoms with van der Waals surface area (Å²) in [5, 5.41) is 0.940. The van der Waals surface area contributed by atoms with Crippen LogP contribution in [0.3, 0.4) is 0 Å². The molecule has 0 saturated heterocycles.